The number of hydrogen-bond acceptors (Lipinski definition) is 7. The van der Waals surface area contributed by atoms with Crippen LogP contribution in [0.25, 0.3) is 5.76 Å². The molecule has 0 radical (unpaired) electrons. The average Bonchev–Trinajstić information content (AvgIpc) is 3.11. The van der Waals surface area contributed by atoms with Crippen molar-refractivity contribution in [1.29, 1.82) is 0 Å². The second-order valence-electron chi connectivity index (χ2n) is 8.54. The number of ketones is 1. The minimum atomic E-state index is -1.82. The van der Waals surface area contributed by atoms with Gasteiger partial charge in [0.25, 0.3) is 11.7 Å². The lowest BCUT2D eigenvalue weighted by Crippen LogP contribution is -2.35. The number of aliphatic hydroxyl groups is 1. The molecule has 0 bridgehead atoms. The number of likely N-dealkylation sites (tertiary alicyclic amines) is 1. The number of aryl methyl sites for hydroxylation is 1. The number of carbonyl (C=O) groups is 4. The molecule has 202 valence electrons. The third-order valence-electron chi connectivity index (χ3n) is 5.50. The van der Waals surface area contributed by atoms with Gasteiger partial charge in [0.05, 0.1) is 11.6 Å². The van der Waals surface area contributed by atoms with Crippen molar-refractivity contribution >= 4 is 29.4 Å². The Balaban J connectivity index is 0.000000757. The summed E-state index contributed by atoms with van der Waals surface area (Å²) in [6.07, 6.45) is 1.63. The third-order valence-corrected chi connectivity index (χ3v) is 5.50. The van der Waals surface area contributed by atoms with Crippen LogP contribution in [0.15, 0.2) is 60.7 Å². The molecule has 1 unspecified atom stereocenters. The number of carbonyl (C=O) groups excluding carboxylic acids is 2. The highest BCUT2D eigenvalue weighted by molar-refractivity contribution is 6.46. The molecule has 38 heavy (non-hydrogen) atoms. The molecule has 0 spiro atoms. The minimum Gasteiger partial charge on any atom is -0.507 e. The number of ether oxygens (including phenoxy) is 1. The molecule has 3 rings (SSSR count). The monoisotopic (exact) mass is 528 g/mol. The Morgan fingerprint density at radius 2 is 1.68 bits per heavy atom. The van der Waals surface area contributed by atoms with Crippen LogP contribution in [0.1, 0.15) is 22.7 Å². The summed E-state index contributed by atoms with van der Waals surface area (Å²) in [5.74, 6) is -5.17. The van der Waals surface area contributed by atoms with Crippen molar-refractivity contribution in [3.05, 3.63) is 83.2 Å². The molecule has 0 saturated carbocycles. The summed E-state index contributed by atoms with van der Waals surface area (Å²) in [6.45, 7) is 6.59. The SMILES string of the molecule is C=CCOc1ccc(/C(O)=C2\C(=O)C(=O)N(CCN(C)C)C2c2ccc(F)cc2)cc1C.O=C(O)C(=O)O. The van der Waals surface area contributed by atoms with Crippen LogP contribution in [-0.2, 0) is 19.2 Å². The summed E-state index contributed by atoms with van der Waals surface area (Å²) in [5, 5.41) is 25.9. The lowest BCUT2D eigenvalue weighted by Gasteiger charge is -2.26. The summed E-state index contributed by atoms with van der Waals surface area (Å²) in [6, 6.07) is 9.82. The Kier molecular flexibility index (Phi) is 10.3. The molecule has 1 aliphatic rings. The third kappa shape index (κ3) is 7.26. The average molecular weight is 529 g/mol. The van der Waals surface area contributed by atoms with Crippen LogP contribution >= 0.6 is 0 Å². The molecule has 2 aromatic carbocycles. The van der Waals surface area contributed by atoms with Gasteiger partial charge in [-0.25, -0.2) is 14.0 Å². The summed E-state index contributed by atoms with van der Waals surface area (Å²) in [7, 11) is 3.73. The van der Waals surface area contributed by atoms with Crippen molar-refractivity contribution in [3.8, 4) is 5.75 Å². The van der Waals surface area contributed by atoms with E-state index >= 15 is 0 Å². The number of Topliss-reactive ketones (excluding diaryl/α,β-unsaturated/α-hetero) is 1. The van der Waals surface area contributed by atoms with Gasteiger partial charge in [-0.3, -0.25) is 9.59 Å². The van der Waals surface area contributed by atoms with E-state index < -0.39 is 35.5 Å². The molecular formula is C27H29FN2O8. The van der Waals surface area contributed by atoms with Gasteiger partial charge in [-0.2, -0.15) is 0 Å². The number of carboxylic acid groups (broad SMARTS) is 2. The van der Waals surface area contributed by atoms with E-state index in [0.717, 1.165) is 5.56 Å². The number of amides is 1. The normalized spacial score (nSPS) is 16.1. The van der Waals surface area contributed by atoms with Crippen LogP contribution in [0.4, 0.5) is 4.39 Å². The molecule has 1 atom stereocenters. The van der Waals surface area contributed by atoms with Crippen molar-refractivity contribution in [3.63, 3.8) is 0 Å². The van der Waals surface area contributed by atoms with Gasteiger partial charge in [0.15, 0.2) is 0 Å². The molecule has 1 amide bonds. The van der Waals surface area contributed by atoms with Crippen LogP contribution in [-0.4, -0.2) is 82.5 Å². The Hall–Kier alpha value is -4.51. The predicted molar refractivity (Wildman–Crippen MR) is 136 cm³/mol. The van der Waals surface area contributed by atoms with Crippen LogP contribution in [0.3, 0.4) is 0 Å². The lowest BCUT2D eigenvalue weighted by molar-refractivity contribution is -0.159. The highest BCUT2D eigenvalue weighted by Gasteiger charge is 2.45. The van der Waals surface area contributed by atoms with Gasteiger partial charge in [-0.05, 0) is 62.5 Å². The smallest absolute Gasteiger partial charge is 0.414 e. The standard InChI is InChI=1S/C25H27FN2O4.C2H2O4/c1-5-14-32-20-11-8-18(15-16(20)2)23(29)21-22(17-6-9-19(26)10-7-17)28(13-12-27(3)4)25(31)24(21)30;3-1(4)2(5)6/h5-11,15,22,29H,1,12-14H2,2-4H3;(H,3,4)(H,5,6)/b23-21+;. The number of aliphatic carboxylic acids is 2. The summed E-state index contributed by atoms with van der Waals surface area (Å²) in [5.41, 5.74) is 1.69. The van der Waals surface area contributed by atoms with Crippen molar-refractivity contribution < 1.29 is 43.6 Å². The zero-order valence-electron chi connectivity index (χ0n) is 21.2. The Morgan fingerprint density at radius 3 is 2.18 bits per heavy atom. The lowest BCUT2D eigenvalue weighted by atomic mass is 9.94. The fraction of sp³-hybridized carbons (Fsp3) is 0.259. The van der Waals surface area contributed by atoms with Gasteiger partial charge >= 0.3 is 11.9 Å². The second kappa shape index (κ2) is 13.2. The van der Waals surface area contributed by atoms with E-state index in [0.29, 0.717) is 30.0 Å². The molecule has 0 aliphatic carbocycles. The van der Waals surface area contributed by atoms with E-state index in [-0.39, 0.29) is 17.9 Å². The fourth-order valence-electron chi connectivity index (χ4n) is 3.67. The van der Waals surface area contributed by atoms with Gasteiger partial charge in [0.2, 0.25) is 0 Å². The number of rotatable bonds is 8. The van der Waals surface area contributed by atoms with E-state index in [1.807, 2.05) is 25.9 Å². The van der Waals surface area contributed by atoms with Crippen molar-refractivity contribution in [2.24, 2.45) is 0 Å². The van der Waals surface area contributed by atoms with E-state index in [9.17, 15) is 19.1 Å². The second-order valence-corrected chi connectivity index (χ2v) is 8.54. The van der Waals surface area contributed by atoms with Gasteiger partial charge in [-0.1, -0.05) is 24.8 Å². The molecule has 3 N–H and O–H groups in total. The largest absolute Gasteiger partial charge is 0.507 e. The summed E-state index contributed by atoms with van der Waals surface area (Å²) in [4.78, 5) is 47.4. The Bertz CT molecular complexity index is 1240. The number of likely N-dealkylation sites (N-methyl/N-ethyl adjacent to an activating group) is 1. The summed E-state index contributed by atoms with van der Waals surface area (Å²) >= 11 is 0. The van der Waals surface area contributed by atoms with Crippen molar-refractivity contribution in [2.45, 2.75) is 13.0 Å². The maximum atomic E-state index is 13.5. The molecule has 1 aliphatic heterocycles. The topological polar surface area (TPSA) is 145 Å². The first-order chi connectivity index (χ1) is 17.9. The molecular weight excluding hydrogens is 499 g/mol. The first-order valence-corrected chi connectivity index (χ1v) is 11.4. The number of nitrogens with zero attached hydrogens (tertiary/aromatic N) is 2. The molecule has 1 saturated heterocycles. The minimum absolute atomic E-state index is 0.0143. The first kappa shape index (κ1) is 29.7. The molecule has 1 fully saturated rings. The zero-order valence-corrected chi connectivity index (χ0v) is 21.2. The van der Waals surface area contributed by atoms with Crippen LogP contribution in [0.2, 0.25) is 0 Å². The van der Waals surface area contributed by atoms with Gasteiger partial charge < -0.3 is 29.9 Å². The number of carboxylic acids is 2. The molecule has 10 nitrogen and oxygen atoms in total. The fourth-order valence-corrected chi connectivity index (χ4v) is 3.67. The molecule has 0 aromatic heterocycles. The molecule has 1 heterocycles. The maximum Gasteiger partial charge on any atom is 0.414 e. The van der Waals surface area contributed by atoms with Crippen LogP contribution < -0.4 is 4.74 Å². The molecule has 2 aromatic rings. The first-order valence-electron chi connectivity index (χ1n) is 11.4. The van der Waals surface area contributed by atoms with Crippen molar-refractivity contribution in [1.82, 2.24) is 9.80 Å². The number of benzene rings is 2. The van der Waals surface area contributed by atoms with Crippen LogP contribution in [0, 0.1) is 12.7 Å². The van der Waals surface area contributed by atoms with Gasteiger partial charge in [0.1, 0.15) is 23.9 Å². The quantitative estimate of drug-likeness (QED) is 0.204. The summed E-state index contributed by atoms with van der Waals surface area (Å²) < 4.78 is 19.1. The molecule has 11 heteroatoms. The Labute approximate surface area is 218 Å². The van der Waals surface area contributed by atoms with E-state index in [1.54, 1.807) is 24.3 Å². The van der Waals surface area contributed by atoms with E-state index in [1.165, 1.54) is 29.2 Å². The van der Waals surface area contributed by atoms with Gasteiger partial charge in [-0.15, -0.1) is 0 Å². The van der Waals surface area contributed by atoms with E-state index in [4.69, 9.17) is 24.5 Å². The number of halogens is 1. The van der Waals surface area contributed by atoms with Crippen LogP contribution in [0.5, 0.6) is 5.75 Å². The Morgan fingerprint density at radius 1 is 1.08 bits per heavy atom. The maximum absolute atomic E-state index is 13.5. The highest BCUT2D eigenvalue weighted by Crippen LogP contribution is 2.39. The zero-order chi connectivity index (χ0) is 28.6. The van der Waals surface area contributed by atoms with Gasteiger partial charge in [0, 0.05) is 18.7 Å². The number of aliphatic hydroxyl groups excluding tert-OH is 1. The number of hydrogen-bond donors (Lipinski definition) is 3. The van der Waals surface area contributed by atoms with E-state index in [2.05, 4.69) is 6.58 Å². The highest BCUT2D eigenvalue weighted by atomic mass is 19.1. The van der Waals surface area contributed by atoms with Crippen molar-refractivity contribution in [2.75, 3.05) is 33.8 Å². The predicted octanol–water partition coefficient (Wildman–Crippen LogP) is 2.84.